The zero-order valence-electron chi connectivity index (χ0n) is 12.1. The molecule has 0 radical (unpaired) electrons. The summed E-state index contributed by atoms with van der Waals surface area (Å²) in [6.45, 7) is 0.668. The molecular formula is C15H18N4O2. The van der Waals surface area contributed by atoms with E-state index in [4.69, 9.17) is 0 Å². The summed E-state index contributed by atoms with van der Waals surface area (Å²) in [6, 6.07) is 13.4. The van der Waals surface area contributed by atoms with E-state index >= 15 is 0 Å². The van der Waals surface area contributed by atoms with E-state index in [0.29, 0.717) is 12.4 Å². The summed E-state index contributed by atoms with van der Waals surface area (Å²) in [6.07, 6.45) is 1.26. The number of hydrogen-bond acceptors (Lipinski definition) is 5. The molecular weight excluding hydrogens is 268 g/mol. The zero-order chi connectivity index (χ0) is 15.2. The van der Waals surface area contributed by atoms with Gasteiger partial charge in [0.1, 0.15) is 12.0 Å². The second kappa shape index (κ2) is 6.81. The van der Waals surface area contributed by atoms with Crippen molar-refractivity contribution in [2.75, 3.05) is 26.0 Å². The third-order valence-electron chi connectivity index (χ3n) is 3.24. The summed E-state index contributed by atoms with van der Waals surface area (Å²) in [5, 5.41) is 13.8. The van der Waals surface area contributed by atoms with Gasteiger partial charge in [-0.05, 0) is 25.7 Å². The summed E-state index contributed by atoms with van der Waals surface area (Å²) in [4.78, 5) is 16.3. The molecule has 0 saturated carbocycles. The monoisotopic (exact) mass is 286 g/mol. The van der Waals surface area contributed by atoms with Gasteiger partial charge in [-0.2, -0.15) is 0 Å². The van der Waals surface area contributed by atoms with Crippen LogP contribution in [0.3, 0.4) is 0 Å². The number of hydrogen-bond donors (Lipinski definition) is 1. The molecule has 21 heavy (non-hydrogen) atoms. The Morgan fingerprint density at radius 3 is 2.48 bits per heavy atom. The third-order valence-corrected chi connectivity index (χ3v) is 3.24. The van der Waals surface area contributed by atoms with Crippen molar-refractivity contribution >= 4 is 11.5 Å². The van der Waals surface area contributed by atoms with E-state index < -0.39 is 4.92 Å². The maximum absolute atomic E-state index is 10.6. The lowest BCUT2D eigenvalue weighted by Gasteiger charge is -2.25. The van der Waals surface area contributed by atoms with Gasteiger partial charge in [-0.1, -0.05) is 30.3 Å². The summed E-state index contributed by atoms with van der Waals surface area (Å²) in [7, 11) is 4.03. The van der Waals surface area contributed by atoms with Crippen molar-refractivity contribution in [2.24, 2.45) is 0 Å². The summed E-state index contributed by atoms with van der Waals surface area (Å²) in [5.74, 6) is 0.628. The van der Waals surface area contributed by atoms with Gasteiger partial charge in [0.15, 0.2) is 0 Å². The first kappa shape index (κ1) is 14.9. The van der Waals surface area contributed by atoms with Gasteiger partial charge in [0, 0.05) is 12.6 Å². The fourth-order valence-electron chi connectivity index (χ4n) is 2.07. The van der Waals surface area contributed by atoms with E-state index in [1.807, 2.05) is 32.3 Å². The molecule has 1 aromatic heterocycles. The molecule has 1 N–H and O–H groups in total. The van der Waals surface area contributed by atoms with Crippen LogP contribution in [0.25, 0.3) is 0 Å². The summed E-state index contributed by atoms with van der Waals surface area (Å²) >= 11 is 0. The Balaban J connectivity index is 2.04. The highest BCUT2D eigenvalue weighted by molar-refractivity contribution is 5.40. The van der Waals surface area contributed by atoms with Crippen LogP contribution in [0.2, 0.25) is 0 Å². The summed E-state index contributed by atoms with van der Waals surface area (Å²) < 4.78 is 0. The average molecular weight is 286 g/mol. The molecule has 0 bridgehead atoms. The Labute approximate surface area is 123 Å². The van der Waals surface area contributed by atoms with Gasteiger partial charge in [0.2, 0.25) is 0 Å². The Morgan fingerprint density at radius 1 is 1.24 bits per heavy atom. The Bertz CT molecular complexity index is 584. The molecule has 6 nitrogen and oxygen atoms in total. The number of likely N-dealkylation sites (N-methyl/N-ethyl adjacent to an activating group) is 1. The van der Waals surface area contributed by atoms with Crippen LogP contribution in [-0.2, 0) is 0 Å². The standard InChI is InChI=1S/C15H18N4O2/c1-18(2)14(12-6-4-3-5-7-12)11-17-15-9-8-13(10-16-15)19(20)21/h3-10,14H,11H2,1-2H3,(H,16,17)/t14-/m0/s1. The molecule has 0 saturated heterocycles. The van der Waals surface area contributed by atoms with Crippen molar-refractivity contribution in [1.29, 1.82) is 0 Å². The highest BCUT2D eigenvalue weighted by Gasteiger charge is 2.14. The second-order valence-electron chi connectivity index (χ2n) is 4.93. The molecule has 2 aromatic rings. The van der Waals surface area contributed by atoms with E-state index in [9.17, 15) is 10.1 Å². The molecule has 0 aliphatic carbocycles. The zero-order valence-corrected chi connectivity index (χ0v) is 12.1. The van der Waals surface area contributed by atoms with Gasteiger partial charge in [-0.25, -0.2) is 4.98 Å². The average Bonchev–Trinajstić information content (AvgIpc) is 2.48. The van der Waals surface area contributed by atoms with Crippen LogP contribution < -0.4 is 5.32 Å². The smallest absolute Gasteiger partial charge is 0.287 e. The van der Waals surface area contributed by atoms with Crippen LogP contribution in [0.1, 0.15) is 11.6 Å². The predicted octanol–water partition coefficient (Wildman–Crippen LogP) is 2.70. The molecule has 0 aliphatic rings. The topological polar surface area (TPSA) is 71.3 Å². The van der Waals surface area contributed by atoms with Crippen LogP contribution in [-0.4, -0.2) is 35.4 Å². The minimum absolute atomic E-state index is 0.00670. The lowest BCUT2D eigenvalue weighted by molar-refractivity contribution is -0.385. The Morgan fingerprint density at radius 2 is 1.95 bits per heavy atom. The molecule has 0 spiro atoms. The van der Waals surface area contributed by atoms with Crippen molar-refractivity contribution in [3.63, 3.8) is 0 Å². The SMILES string of the molecule is CN(C)[C@@H](CNc1ccc([N+](=O)[O-])cn1)c1ccccc1. The quantitative estimate of drug-likeness (QED) is 0.653. The number of benzene rings is 1. The number of nitro groups is 1. The molecule has 110 valence electrons. The molecule has 2 rings (SSSR count). The largest absolute Gasteiger partial charge is 0.368 e. The van der Waals surface area contributed by atoms with E-state index in [-0.39, 0.29) is 11.7 Å². The van der Waals surface area contributed by atoms with Gasteiger partial charge < -0.3 is 10.2 Å². The molecule has 1 aromatic carbocycles. The predicted molar refractivity (Wildman–Crippen MR) is 82.3 cm³/mol. The molecule has 0 amide bonds. The lowest BCUT2D eigenvalue weighted by Crippen LogP contribution is -2.27. The third kappa shape index (κ3) is 4.00. The van der Waals surface area contributed by atoms with Crippen molar-refractivity contribution in [3.8, 4) is 0 Å². The van der Waals surface area contributed by atoms with Crippen molar-refractivity contribution in [3.05, 3.63) is 64.3 Å². The number of anilines is 1. The number of nitrogens with one attached hydrogen (secondary N) is 1. The first-order valence-corrected chi connectivity index (χ1v) is 6.63. The maximum Gasteiger partial charge on any atom is 0.287 e. The van der Waals surface area contributed by atoms with E-state index in [2.05, 4.69) is 27.3 Å². The fraction of sp³-hybridized carbons (Fsp3) is 0.267. The first-order chi connectivity index (χ1) is 10.1. The maximum atomic E-state index is 10.6. The van der Waals surface area contributed by atoms with E-state index in [0.717, 1.165) is 0 Å². The normalized spacial score (nSPS) is 12.1. The molecule has 0 aliphatic heterocycles. The van der Waals surface area contributed by atoms with Gasteiger partial charge >= 0.3 is 0 Å². The van der Waals surface area contributed by atoms with Gasteiger partial charge in [-0.15, -0.1) is 0 Å². The summed E-state index contributed by atoms with van der Waals surface area (Å²) in [5.41, 5.74) is 1.20. The number of nitrogens with zero attached hydrogens (tertiary/aromatic N) is 3. The lowest BCUT2D eigenvalue weighted by atomic mass is 10.1. The molecule has 1 heterocycles. The number of rotatable bonds is 6. The second-order valence-corrected chi connectivity index (χ2v) is 4.93. The van der Waals surface area contributed by atoms with Crippen LogP contribution in [0, 0.1) is 10.1 Å². The van der Waals surface area contributed by atoms with Gasteiger partial charge in [0.25, 0.3) is 5.69 Å². The molecule has 0 fully saturated rings. The number of aromatic nitrogens is 1. The first-order valence-electron chi connectivity index (χ1n) is 6.63. The molecule has 0 unspecified atom stereocenters. The van der Waals surface area contributed by atoms with E-state index in [1.54, 1.807) is 6.07 Å². The van der Waals surface area contributed by atoms with Crippen LogP contribution >= 0.6 is 0 Å². The van der Waals surface area contributed by atoms with Crippen LogP contribution in [0.5, 0.6) is 0 Å². The number of pyridine rings is 1. The van der Waals surface area contributed by atoms with Crippen LogP contribution in [0.4, 0.5) is 11.5 Å². The minimum Gasteiger partial charge on any atom is -0.368 e. The van der Waals surface area contributed by atoms with Crippen LogP contribution in [0.15, 0.2) is 48.7 Å². The highest BCUT2D eigenvalue weighted by Crippen LogP contribution is 2.19. The minimum atomic E-state index is -0.455. The fourth-order valence-corrected chi connectivity index (χ4v) is 2.07. The van der Waals surface area contributed by atoms with Gasteiger partial charge in [0.05, 0.1) is 11.0 Å². The van der Waals surface area contributed by atoms with Crippen molar-refractivity contribution in [2.45, 2.75) is 6.04 Å². The van der Waals surface area contributed by atoms with Crippen molar-refractivity contribution < 1.29 is 4.92 Å². The highest BCUT2D eigenvalue weighted by atomic mass is 16.6. The Kier molecular flexibility index (Phi) is 4.84. The van der Waals surface area contributed by atoms with E-state index in [1.165, 1.54) is 17.8 Å². The molecule has 6 heteroatoms. The van der Waals surface area contributed by atoms with Gasteiger partial charge in [-0.3, -0.25) is 10.1 Å². The Hall–Kier alpha value is -2.47. The van der Waals surface area contributed by atoms with Crippen molar-refractivity contribution in [1.82, 2.24) is 9.88 Å². The molecule has 1 atom stereocenters.